The van der Waals surface area contributed by atoms with E-state index in [-0.39, 0.29) is 0 Å². The van der Waals surface area contributed by atoms with Crippen molar-refractivity contribution in [2.24, 2.45) is 0 Å². The molecular formula is C18H30N2. The highest BCUT2D eigenvalue weighted by atomic mass is 15.1. The summed E-state index contributed by atoms with van der Waals surface area (Å²) in [6, 6.07) is 11.6. The molecule has 0 unspecified atom stereocenters. The molecule has 0 aromatic heterocycles. The van der Waals surface area contributed by atoms with Crippen molar-refractivity contribution in [2.45, 2.75) is 58.0 Å². The molecule has 1 aliphatic rings. The van der Waals surface area contributed by atoms with Gasteiger partial charge in [-0.25, -0.2) is 0 Å². The highest BCUT2D eigenvalue weighted by Crippen LogP contribution is 2.14. The van der Waals surface area contributed by atoms with E-state index in [1.807, 2.05) is 0 Å². The van der Waals surface area contributed by atoms with Crippen LogP contribution in [0.5, 0.6) is 0 Å². The Hall–Kier alpha value is -0.860. The van der Waals surface area contributed by atoms with Crippen LogP contribution < -0.4 is 5.32 Å². The van der Waals surface area contributed by atoms with E-state index < -0.39 is 0 Å². The number of rotatable bonds is 8. The standard InChI is InChI=1S/C18H30N2/c1-2-3-4-8-13-19-18-11-14-20(15-12-18)16-17-9-6-5-7-10-17/h5-7,9-10,18-19H,2-4,8,11-16H2,1H3. The molecule has 1 aromatic rings. The number of unbranched alkanes of at least 4 members (excludes halogenated alkanes) is 3. The zero-order valence-corrected chi connectivity index (χ0v) is 13.0. The van der Waals surface area contributed by atoms with Crippen LogP contribution in [0.15, 0.2) is 30.3 Å². The molecule has 0 amide bonds. The molecule has 1 heterocycles. The molecule has 1 N–H and O–H groups in total. The molecule has 1 aromatic carbocycles. The summed E-state index contributed by atoms with van der Waals surface area (Å²) in [6.45, 7) is 7.08. The average molecular weight is 274 g/mol. The third kappa shape index (κ3) is 5.64. The lowest BCUT2D eigenvalue weighted by molar-refractivity contribution is 0.190. The van der Waals surface area contributed by atoms with E-state index in [0.717, 1.165) is 12.6 Å². The van der Waals surface area contributed by atoms with E-state index in [2.05, 4.69) is 47.5 Å². The number of nitrogens with zero attached hydrogens (tertiary/aromatic N) is 1. The predicted molar refractivity (Wildman–Crippen MR) is 86.9 cm³/mol. The molecule has 0 aliphatic carbocycles. The van der Waals surface area contributed by atoms with Gasteiger partial charge in [0.1, 0.15) is 0 Å². The second kappa shape index (κ2) is 9.15. The average Bonchev–Trinajstić information content (AvgIpc) is 2.50. The maximum Gasteiger partial charge on any atom is 0.0233 e. The zero-order valence-electron chi connectivity index (χ0n) is 13.0. The first-order chi connectivity index (χ1) is 9.88. The van der Waals surface area contributed by atoms with Gasteiger partial charge in [-0.3, -0.25) is 4.90 Å². The van der Waals surface area contributed by atoms with Gasteiger partial charge in [0.05, 0.1) is 0 Å². The highest BCUT2D eigenvalue weighted by molar-refractivity contribution is 5.14. The summed E-state index contributed by atoms with van der Waals surface area (Å²) >= 11 is 0. The SMILES string of the molecule is CCCCCCNC1CCN(Cc2ccccc2)CC1. The van der Waals surface area contributed by atoms with Gasteiger partial charge in [-0.2, -0.15) is 0 Å². The van der Waals surface area contributed by atoms with Gasteiger partial charge in [0.15, 0.2) is 0 Å². The zero-order chi connectivity index (χ0) is 14.0. The van der Waals surface area contributed by atoms with Crippen molar-refractivity contribution in [3.8, 4) is 0 Å². The predicted octanol–water partition coefficient (Wildman–Crippen LogP) is 3.82. The number of hydrogen-bond donors (Lipinski definition) is 1. The summed E-state index contributed by atoms with van der Waals surface area (Å²) in [4.78, 5) is 2.59. The Morgan fingerprint density at radius 3 is 2.50 bits per heavy atom. The van der Waals surface area contributed by atoms with Crippen molar-refractivity contribution in [1.82, 2.24) is 10.2 Å². The van der Waals surface area contributed by atoms with Crippen LogP contribution in [0.25, 0.3) is 0 Å². The van der Waals surface area contributed by atoms with E-state index >= 15 is 0 Å². The molecule has 2 rings (SSSR count). The fourth-order valence-corrected chi connectivity index (χ4v) is 2.99. The van der Waals surface area contributed by atoms with Crippen LogP contribution in [0, 0.1) is 0 Å². The first-order valence-electron chi connectivity index (χ1n) is 8.38. The summed E-state index contributed by atoms with van der Waals surface area (Å²) in [5.41, 5.74) is 1.44. The van der Waals surface area contributed by atoms with Gasteiger partial charge in [0.2, 0.25) is 0 Å². The Bertz CT molecular complexity index is 342. The monoisotopic (exact) mass is 274 g/mol. The van der Waals surface area contributed by atoms with E-state index in [9.17, 15) is 0 Å². The molecule has 0 atom stereocenters. The molecule has 20 heavy (non-hydrogen) atoms. The Labute approximate surface area is 124 Å². The summed E-state index contributed by atoms with van der Waals surface area (Å²) in [6.07, 6.45) is 8.06. The molecule has 112 valence electrons. The largest absolute Gasteiger partial charge is 0.314 e. The van der Waals surface area contributed by atoms with Crippen molar-refractivity contribution in [2.75, 3.05) is 19.6 Å². The lowest BCUT2D eigenvalue weighted by atomic mass is 10.0. The highest BCUT2D eigenvalue weighted by Gasteiger charge is 2.18. The third-order valence-corrected chi connectivity index (χ3v) is 4.30. The Balaban J connectivity index is 1.58. The van der Waals surface area contributed by atoms with Gasteiger partial charge in [0, 0.05) is 12.6 Å². The fourth-order valence-electron chi connectivity index (χ4n) is 2.99. The van der Waals surface area contributed by atoms with Crippen molar-refractivity contribution >= 4 is 0 Å². The summed E-state index contributed by atoms with van der Waals surface area (Å²) < 4.78 is 0. The van der Waals surface area contributed by atoms with E-state index in [0.29, 0.717) is 0 Å². The summed E-state index contributed by atoms with van der Waals surface area (Å²) in [5.74, 6) is 0. The molecule has 0 radical (unpaired) electrons. The summed E-state index contributed by atoms with van der Waals surface area (Å²) in [7, 11) is 0. The van der Waals surface area contributed by atoms with Crippen LogP contribution in [-0.2, 0) is 6.54 Å². The Morgan fingerprint density at radius 1 is 1.05 bits per heavy atom. The molecule has 1 fully saturated rings. The number of likely N-dealkylation sites (tertiary alicyclic amines) is 1. The minimum Gasteiger partial charge on any atom is -0.314 e. The molecule has 0 bridgehead atoms. The number of piperidine rings is 1. The number of nitrogens with one attached hydrogen (secondary N) is 1. The van der Waals surface area contributed by atoms with Crippen LogP contribution in [0.3, 0.4) is 0 Å². The fraction of sp³-hybridized carbons (Fsp3) is 0.667. The van der Waals surface area contributed by atoms with Crippen LogP contribution >= 0.6 is 0 Å². The Morgan fingerprint density at radius 2 is 1.80 bits per heavy atom. The minimum absolute atomic E-state index is 0.753. The van der Waals surface area contributed by atoms with Crippen molar-refractivity contribution in [3.63, 3.8) is 0 Å². The van der Waals surface area contributed by atoms with Crippen molar-refractivity contribution in [3.05, 3.63) is 35.9 Å². The maximum atomic E-state index is 3.74. The quantitative estimate of drug-likeness (QED) is 0.725. The smallest absolute Gasteiger partial charge is 0.0233 e. The van der Waals surface area contributed by atoms with Crippen LogP contribution in [0.2, 0.25) is 0 Å². The second-order valence-electron chi connectivity index (χ2n) is 6.05. The van der Waals surface area contributed by atoms with Crippen LogP contribution in [0.1, 0.15) is 51.0 Å². The van der Waals surface area contributed by atoms with Gasteiger partial charge in [-0.05, 0) is 44.5 Å². The summed E-state index contributed by atoms with van der Waals surface area (Å²) in [5, 5.41) is 3.74. The molecular weight excluding hydrogens is 244 g/mol. The molecule has 1 saturated heterocycles. The first kappa shape index (κ1) is 15.5. The van der Waals surface area contributed by atoms with Gasteiger partial charge < -0.3 is 5.32 Å². The molecule has 2 heteroatoms. The topological polar surface area (TPSA) is 15.3 Å². The van der Waals surface area contributed by atoms with E-state index in [4.69, 9.17) is 0 Å². The van der Waals surface area contributed by atoms with E-state index in [1.165, 1.54) is 63.7 Å². The number of hydrogen-bond acceptors (Lipinski definition) is 2. The molecule has 1 aliphatic heterocycles. The van der Waals surface area contributed by atoms with Crippen molar-refractivity contribution < 1.29 is 0 Å². The van der Waals surface area contributed by atoms with Crippen molar-refractivity contribution in [1.29, 1.82) is 0 Å². The first-order valence-corrected chi connectivity index (χ1v) is 8.38. The van der Waals surface area contributed by atoms with Crippen LogP contribution in [0.4, 0.5) is 0 Å². The van der Waals surface area contributed by atoms with E-state index in [1.54, 1.807) is 0 Å². The molecule has 0 spiro atoms. The minimum atomic E-state index is 0.753. The molecule has 2 nitrogen and oxygen atoms in total. The second-order valence-corrected chi connectivity index (χ2v) is 6.05. The van der Waals surface area contributed by atoms with Gasteiger partial charge in [0.25, 0.3) is 0 Å². The Kier molecular flexibility index (Phi) is 7.10. The molecule has 0 saturated carbocycles. The lowest BCUT2D eigenvalue weighted by Crippen LogP contribution is -2.42. The van der Waals surface area contributed by atoms with Gasteiger partial charge >= 0.3 is 0 Å². The lowest BCUT2D eigenvalue weighted by Gasteiger charge is -2.32. The normalized spacial score (nSPS) is 17.4. The third-order valence-electron chi connectivity index (χ3n) is 4.30. The van der Waals surface area contributed by atoms with Gasteiger partial charge in [-0.15, -0.1) is 0 Å². The van der Waals surface area contributed by atoms with Crippen LogP contribution in [-0.4, -0.2) is 30.6 Å². The maximum absolute atomic E-state index is 3.74. The van der Waals surface area contributed by atoms with Gasteiger partial charge in [-0.1, -0.05) is 56.5 Å². The number of benzene rings is 1.